The number of likely N-dealkylation sites (tertiary alicyclic amines) is 1. The van der Waals surface area contributed by atoms with Gasteiger partial charge in [-0.25, -0.2) is 4.79 Å². The molecule has 0 aromatic carbocycles. The van der Waals surface area contributed by atoms with E-state index in [9.17, 15) is 9.59 Å². The molecule has 21 heavy (non-hydrogen) atoms. The molecular formula is C16H23NO4. The molecule has 1 aliphatic rings. The minimum atomic E-state index is -1.09. The lowest BCUT2D eigenvalue weighted by molar-refractivity contribution is -0.131. The minimum absolute atomic E-state index is 0.0835. The van der Waals surface area contributed by atoms with Gasteiger partial charge in [0.25, 0.3) is 0 Å². The van der Waals surface area contributed by atoms with Crippen LogP contribution in [0.1, 0.15) is 56.3 Å². The monoisotopic (exact) mass is 293 g/mol. The van der Waals surface area contributed by atoms with E-state index in [1.54, 1.807) is 11.0 Å². The number of rotatable bonds is 3. The Bertz CT molecular complexity index is 527. The number of hydrogen-bond acceptors (Lipinski definition) is 3. The van der Waals surface area contributed by atoms with Crippen LogP contribution in [0.4, 0.5) is 0 Å². The Hall–Kier alpha value is -1.78. The Kier molecular flexibility index (Phi) is 4.40. The molecule has 1 unspecified atom stereocenters. The molecule has 2 rings (SSSR count). The lowest BCUT2D eigenvalue weighted by atomic mass is 9.77. The van der Waals surface area contributed by atoms with Crippen molar-refractivity contribution >= 4 is 11.9 Å². The summed E-state index contributed by atoms with van der Waals surface area (Å²) in [6.07, 6.45) is 2.44. The molecule has 5 heteroatoms. The number of carbonyl (C=O) groups is 2. The lowest BCUT2D eigenvalue weighted by Crippen LogP contribution is -2.30. The van der Waals surface area contributed by atoms with Gasteiger partial charge in [0.2, 0.25) is 11.7 Å². The van der Waals surface area contributed by atoms with Crippen molar-refractivity contribution in [3.05, 3.63) is 23.7 Å². The Morgan fingerprint density at radius 3 is 2.67 bits per heavy atom. The molecule has 0 saturated carbocycles. The zero-order valence-electron chi connectivity index (χ0n) is 12.9. The summed E-state index contributed by atoms with van der Waals surface area (Å²) in [5.74, 6) is -0.00121. The topological polar surface area (TPSA) is 70.8 Å². The van der Waals surface area contributed by atoms with E-state index in [2.05, 4.69) is 20.8 Å². The minimum Gasteiger partial charge on any atom is -0.475 e. The van der Waals surface area contributed by atoms with E-state index in [1.165, 1.54) is 6.07 Å². The van der Waals surface area contributed by atoms with Crippen molar-refractivity contribution in [3.63, 3.8) is 0 Å². The molecule has 0 bridgehead atoms. The van der Waals surface area contributed by atoms with Crippen LogP contribution in [0.5, 0.6) is 0 Å². The molecule has 1 aromatic heterocycles. The highest BCUT2D eigenvalue weighted by atomic mass is 16.4. The smallest absolute Gasteiger partial charge is 0.371 e. The van der Waals surface area contributed by atoms with Gasteiger partial charge in [0.15, 0.2) is 0 Å². The van der Waals surface area contributed by atoms with Gasteiger partial charge < -0.3 is 14.4 Å². The third-order valence-electron chi connectivity index (χ3n) is 4.25. The molecule has 1 atom stereocenters. The average molecular weight is 293 g/mol. The maximum Gasteiger partial charge on any atom is 0.371 e. The summed E-state index contributed by atoms with van der Waals surface area (Å²) in [4.78, 5) is 24.8. The van der Waals surface area contributed by atoms with Crippen LogP contribution >= 0.6 is 0 Å². The van der Waals surface area contributed by atoms with Gasteiger partial charge in [-0.3, -0.25) is 4.79 Å². The first kappa shape index (κ1) is 15.6. The van der Waals surface area contributed by atoms with Crippen LogP contribution in [-0.2, 0) is 11.3 Å². The maximum absolute atomic E-state index is 12.2. The van der Waals surface area contributed by atoms with E-state index >= 15 is 0 Å². The van der Waals surface area contributed by atoms with Crippen LogP contribution in [0, 0.1) is 11.3 Å². The second-order valence-corrected chi connectivity index (χ2v) is 6.78. The van der Waals surface area contributed by atoms with Gasteiger partial charge in [-0.1, -0.05) is 20.8 Å². The molecule has 2 heterocycles. The zero-order chi connectivity index (χ0) is 15.6. The first-order valence-electron chi connectivity index (χ1n) is 7.37. The van der Waals surface area contributed by atoms with Gasteiger partial charge in [0, 0.05) is 13.0 Å². The number of nitrogens with zero attached hydrogens (tertiary/aromatic N) is 1. The Morgan fingerprint density at radius 2 is 2.10 bits per heavy atom. The summed E-state index contributed by atoms with van der Waals surface area (Å²) in [6.45, 7) is 7.68. The van der Waals surface area contributed by atoms with Crippen molar-refractivity contribution in [1.29, 1.82) is 0 Å². The molecule has 0 radical (unpaired) electrons. The number of aromatic carboxylic acids is 1. The average Bonchev–Trinajstić information content (AvgIpc) is 2.76. The highest BCUT2D eigenvalue weighted by Crippen LogP contribution is 2.34. The van der Waals surface area contributed by atoms with Crippen molar-refractivity contribution in [2.24, 2.45) is 11.3 Å². The summed E-state index contributed by atoms with van der Waals surface area (Å²) in [5.41, 5.74) is 0.206. The van der Waals surface area contributed by atoms with Crippen molar-refractivity contribution in [3.8, 4) is 0 Å². The predicted octanol–water partition coefficient (Wildman–Crippen LogP) is 3.15. The summed E-state index contributed by atoms with van der Waals surface area (Å²) < 4.78 is 5.24. The van der Waals surface area contributed by atoms with Gasteiger partial charge in [-0.15, -0.1) is 0 Å². The number of furan rings is 1. The van der Waals surface area contributed by atoms with Gasteiger partial charge >= 0.3 is 5.97 Å². The highest BCUT2D eigenvalue weighted by Gasteiger charge is 2.30. The second-order valence-electron chi connectivity index (χ2n) is 6.78. The number of amides is 1. The van der Waals surface area contributed by atoms with Crippen LogP contribution in [-0.4, -0.2) is 28.4 Å². The Balaban J connectivity index is 2.02. The number of carboxylic acids is 1. The number of hydrogen-bond donors (Lipinski definition) is 1. The SMILES string of the molecule is CC(C)(C)C1CCC(=O)N(Cc2ccc(C(=O)O)o2)CC1. The standard InChI is InChI=1S/C16H23NO4/c1-16(2,3)11-4-7-14(18)17(9-8-11)10-12-5-6-13(21-12)15(19)20/h5-6,11H,4,7-10H2,1-3H3,(H,19,20). The van der Waals surface area contributed by atoms with E-state index in [0.29, 0.717) is 31.2 Å². The Labute approximate surface area is 124 Å². The number of carbonyl (C=O) groups excluding carboxylic acids is 1. The lowest BCUT2D eigenvalue weighted by Gasteiger charge is -2.29. The second kappa shape index (κ2) is 5.92. The molecule has 1 fully saturated rings. The molecular weight excluding hydrogens is 270 g/mol. The van der Waals surface area contributed by atoms with Crippen LogP contribution < -0.4 is 0 Å². The fraction of sp³-hybridized carbons (Fsp3) is 0.625. The molecule has 0 aliphatic carbocycles. The predicted molar refractivity (Wildman–Crippen MR) is 77.9 cm³/mol. The van der Waals surface area contributed by atoms with Crippen molar-refractivity contribution in [2.75, 3.05) is 6.54 Å². The number of carboxylic acid groups (broad SMARTS) is 1. The molecule has 1 saturated heterocycles. The van der Waals surface area contributed by atoms with Crippen LogP contribution in [0.25, 0.3) is 0 Å². The van der Waals surface area contributed by atoms with Crippen molar-refractivity contribution in [2.45, 2.75) is 46.6 Å². The van der Waals surface area contributed by atoms with Crippen LogP contribution in [0.15, 0.2) is 16.5 Å². The van der Waals surface area contributed by atoms with Gasteiger partial charge in [-0.2, -0.15) is 0 Å². The largest absolute Gasteiger partial charge is 0.475 e. The fourth-order valence-electron chi connectivity index (χ4n) is 2.84. The zero-order valence-corrected chi connectivity index (χ0v) is 12.9. The molecule has 1 N–H and O–H groups in total. The fourth-order valence-corrected chi connectivity index (χ4v) is 2.84. The van der Waals surface area contributed by atoms with E-state index in [0.717, 1.165) is 12.8 Å². The first-order valence-corrected chi connectivity index (χ1v) is 7.37. The molecule has 1 amide bonds. The molecule has 116 valence electrons. The van der Waals surface area contributed by atoms with E-state index in [1.807, 2.05) is 0 Å². The molecule has 5 nitrogen and oxygen atoms in total. The van der Waals surface area contributed by atoms with E-state index in [-0.39, 0.29) is 17.1 Å². The molecule has 1 aliphatic heterocycles. The van der Waals surface area contributed by atoms with Gasteiger partial charge in [-0.05, 0) is 36.3 Å². The summed E-state index contributed by atoms with van der Waals surface area (Å²) in [5, 5.41) is 8.85. The van der Waals surface area contributed by atoms with Gasteiger partial charge in [0.05, 0.1) is 6.54 Å². The van der Waals surface area contributed by atoms with Gasteiger partial charge in [0.1, 0.15) is 5.76 Å². The third kappa shape index (κ3) is 3.86. The van der Waals surface area contributed by atoms with Crippen molar-refractivity contribution < 1.29 is 19.1 Å². The van der Waals surface area contributed by atoms with E-state index in [4.69, 9.17) is 9.52 Å². The maximum atomic E-state index is 12.2. The Morgan fingerprint density at radius 1 is 1.38 bits per heavy atom. The normalized spacial score (nSPS) is 20.4. The van der Waals surface area contributed by atoms with Crippen molar-refractivity contribution in [1.82, 2.24) is 4.90 Å². The molecule has 0 spiro atoms. The summed E-state index contributed by atoms with van der Waals surface area (Å²) >= 11 is 0. The third-order valence-corrected chi connectivity index (χ3v) is 4.25. The van der Waals surface area contributed by atoms with Crippen LogP contribution in [0.3, 0.4) is 0 Å². The van der Waals surface area contributed by atoms with E-state index < -0.39 is 5.97 Å². The molecule has 1 aromatic rings. The van der Waals surface area contributed by atoms with Crippen LogP contribution in [0.2, 0.25) is 0 Å². The first-order chi connectivity index (χ1) is 9.77. The summed E-state index contributed by atoms with van der Waals surface area (Å²) in [6, 6.07) is 3.06. The summed E-state index contributed by atoms with van der Waals surface area (Å²) in [7, 11) is 0. The highest BCUT2D eigenvalue weighted by molar-refractivity contribution is 5.84. The quantitative estimate of drug-likeness (QED) is 0.929.